The molecule has 1 aromatic heterocycles. The molecule has 0 spiro atoms. The number of hydrogen-bond donors (Lipinski definition) is 3. The topological polar surface area (TPSA) is 86.2 Å². The van der Waals surface area contributed by atoms with E-state index < -0.39 is 11.8 Å². The molecule has 0 atom stereocenters. The predicted octanol–water partition coefficient (Wildman–Crippen LogP) is 2.27. The van der Waals surface area contributed by atoms with Crippen LogP contribution in [0.15, 0.2) is 18.2 Å². The highest BCUT2D eigenvalue weighted by Gasteiger charge is 2.14. The van der Waals surface area contributed by atoms with Gasteiger partial charge in [-0.15, -0.1) is 0 Å². The van der Waals surface area contributed by atoms with Crippen LogP contribution in [0, 0.1) is 5.82 Å². The van der Waals surface area contributed by atoms with Gasteiger partial charge in [0.05, 0.1) is 10.7 Å². The molecule has 1 aromatic carbocycles. The van der Waals surface area contributed by atoms with Gasteiger partial charge in [-0.25, -0.2) is 9.18 Å². The summed E-state index contributed by atoms with van der Waals surface area (Å²) < 4.78 is 13.5. The quantitative estimate of drug-likeness (QED) is 0.769. The van der Waals surface area contributed by atoms with Crippen LogP contribution in [0.4, 0.5) is 4.39 Å². The van der Waals surface area contributed by atoms with Gasteiger partial charge < -0.3 is 10.2 Å². The number of carbonyl (C=O) groups is 1. The van der Waals surface area contributed by atoms with E-state index in [0.29, 0.717) is 0 Å². The molecule has 0 saturated carbocycles. The van der Waals surface area contributed by atoms with Crippen LogP contribution in [0.1, 0.15) is 10.5 Å². The van der Waals surface area contributed by atoms with Crippen molar-refractivity contribution in [1.29, 1.82) is 0 Å². The van der Waals surface area contributed by atoms with Gasteiger partial charge in [0.2, 0.25) is 0 Å². The predicted molar refractivity (Wildman–Crippen MR) is 57.6 cm³/mol. The van der Waals surface area contributed by atoms with E-state index in [1.54, 1.807) is 0 Å². The average Bonchev–Trinajstić information content (AvgIpc) is 2.72. The number of nitrogens with one attached hydrogen (secondary N) is 1. The number of phenolic OH excluding ortho intramolecular Hbond substituents is 1. The van der Waals surface area contributed by atoms with Gasteiger partial charge >= 0.3 is 5.97 Å². The van der Waals surface area contributed by atoms with Crippen LogP contribution >= 0.6 is 11.6 Å². The van der Waals surface area contributed by atoms with E-state index in [0.717, 1.165) is 6.07 Å². The second-order valence-electron chi connectivity index (χ2n) is 3.26. The van der Waals surface area contributed by atoms with Crippen LogP contribution in [-0.4, -0.2) is 26.4 Å². The lowest BCUT2D eigenvalue weighted by Crippen LogP contribution is -1.95. The van der Waals surface area contributed by atoms with Crippen LogP contribution in [0.5, 0.6) is 5.75 Å². The number of H-pyrrole nitrogens is 1. The minimum Gasteiger partial charge on any atom is -0.506 e. The number of halogens is 2. The van der Waals surface area contributed by atoms with Crippen molar-refractivity contribution in [3.63, 3.8) is 0 Å². The number of aromatic amines is 1. The number of phenols is 1. The van der Waals surface area contributed by atoms with Gasteiger partial charge in [-0.1, -0.05) is 11.6 Å². The third-order valence-electron chi connectivity index (χ3n) is 2.12. The van der Waals surface area contributed by atoms with Gasteiger partial charge in [0.15, 0.2) is 0 Å². The van der Waals surface area contributed by atoms with Gasteiger partial charge in [-0.2, -0.15) is 5.10 Å². The van der Waals surface area contributed by atoms with Crippen LogP contribution in [0.2, 0.25) is 5.02 Å². The molecule has 1 heterocycles. The molecule has 2 aromatic rings. The monoisotopic (exact) mass is 256 g/mol. The molecule has 3 N–H and O–H groups in total. The first-order valence-electron chi connectivity index (χ1n) is 4.46. The molecule has 0 aliphatic heterocycles. The number of rotatable bonds is 2. The first-order chi connectivity index (χ1) is 7.99. The molecule has 7 heteroatoms. The van der Waals surface area contributed by atoms with E-state index in [2.05, 4.69) is 10.2 Å². The molecule has 88 valence electrons. The van der Waals surface area contributed by atoms with Crippen molar-refractivity contribution >= 4 is 17.6 Å². The van der Waals surface area contributed by atoms with E-state index in [-0.39, 0.29) is 27.7 Å². The Morgan fingerprint density at radius 1 is 1.41 bits per heavy atom. The SMILES string of the molecule is O=C(O)c1cc(-c2cc(Cl)c(O)cc2F)n[nH]1. The van der Waals surface area contributed by atoms with E-state index >= 15 is 0 Å². The van der Waals surface area contributed by atoms with Gasteiger partial charge in [-0.3, -0.25) is 5.10 Å². The van der Waals surface area contributed by atoms with Crippen molar-refractivity contribution in [1.82, 2.24) is 10.2 Å². The zero-order valence-corrected chi connectivity index (χ0v) is 8.99. The lowest BCUT2D eigenvalue weighted by atomic mass is 10.1. The number of benzene rings is 1. The highest BCUT2D eigenvalue weighted by molar-refractivity contribution is 6.32. The average molecular weight is 257 g/mol. The Hall–Kier alpha value is -2.08. The summed E-state index contributed by atoms with van der Waals surface area (Å²) in [6.07, 6.45) is 0. The fourth-order valence-electron chi connectivity index (χ4n) is 1.30. The van der Waals surface area contributed by atoms with E-state index in [1.807, 2.05) is 0 Å². The molecule has 0 radical (unpaired) electrons. The fraction of sp³-hybridized carbons (Fsp3) is 0. The molecular formula is C10H6ClFN2O3. The van der Waals surface area contributed by atoms with Crippen LogP contribution in [0.3, 0.4) is 0 Å². The van der Waals surface area contributed by atoms with Crippen molar-refractivity contribution < 1.29 is 19.4 Å². The molecule has 17 heavy (non-hydrogen) atoms. The number of aromatic hydroxyl groups is 1. The summed E-state index contributed by atoms with van der Waals surface area (Å²) in [5, 5.41) is 23.7. The molecular weight excluding hydrogens is 251 g/mol. The molecule has 5 nitrogen and oxygen atoms in total. The second kappa shape index (κ2) is 4.06. The van der Waals surface area contributed by atoms with E-state index in [4.69, 9.17) is 16.7 Å². The third-order valence-corrected chi connectivity index (χ3v) is 2.42. The summed E-state index contributed by atoms with van der Waals surface area (Å²) in [6, 6.07) is 3.19. The Bertz CT molecular complexity index is 597. The maximum absolute atomic E-state index is 13.5. The van der Waals surface area contributed by atoms with Gasteiger partial charge in [0, 0.05) is 11.6 Å². The molecule has 0 aliphatic rings. The fourth-order valence-corrected chi connectivity index (χ4v) is 1.47. The van der Waals surface area contributed by atoms with Crippen LogP contribution in [0.25, 0.3) is 11.3 Å². The van der Waals surface area contributed by atoms with Crippen LogP contribution in [-0.2, 0) is 0 Å². The summed E-state index contributed by atoms with van der Waals surface area (Å²) >= 11 is 5.63. The summed E-state index contributed by atoms with van der Waals surface area (Å²) in [7, 11) is 0. The molecule has 2 rings (SSSR count). The number of aromatic carboxylic acids is 1. The van der Waals surface area contributed by atoms with E-state index in [9.17, 15) is 14.3 Å². The number of hydrogen-bond acceptors (Lipinski definition) is 3. The molecule has 0 fully saturated rings. The van der Waals surface area contributed by atoms with Crippen molar-refractivity contribution in [2.75, 3.05) is 0 Å². The molecule has 0 amide bonds. The van der Waals surface area contributed by atoms with Crippen molar-refractivity contribution in [2.24, 2.45) is 0 Å². The smallest absolute Gasteiger partial charge is 0.353 e. The highest BCUT2D eigenvalue weighted by atomic mass is 35.5. The Morgan fingerprint density at radius 3 is 2.71 bits per heavy atom. The van der Waals surface area contributed by atoms with Crippen molar-refractivity contribution in [3.8, 4) is 17.0 Å². The Balaban J connectivity index is 2.52. The molecule has 0 saturated heterocycles. The number of carboxylic acid groups (broad SMARTS) is 1. The molecule has 0 unspecified atom stereocenters. The highest BCUT2D eigenvalue weighted by Crippen LogP contribution is 2.31. The maximum atomic E-state index is 13.5. The van der Waals surface area contributed by atoms with Gasteiger partial charge in [0.1, 0.15) is 17.3 Å². The first kappa shape index (κ1) is 11.4. The first-order valence-corrected chi connectivity index (χ1v) is 4.84. The Kier molecular flexibility index (Phi) is 2.72. The summed E-state index contributed by atoms with van der Waals surface area (Å²) in [6.45, 7) is 0. The second-order valence-corrected chi connectivity index (χ2v) is 3.66. The minimum absolute atomic E-state index is 0.0107. The van der Waals surface area contributed by atoms with Gasteiger partial charge in [-0.05, 0) is 12.1 Å². The van der Waals surface area contributed by atoms with E-state index in [1.165, 1.54) is 12.1 Å². The summed E-state index contributed by atoms with van der Waals surface area (Å²) in [4.78, 5) is 10.6. The number of carboxylic acids is 1. The summed E-state index contributed by atoms with van der Waals surface area (Å²) in [5.74, 6) is -2.33. The zero-order chi connectivity index (χ0) is 12.6. The largest absolute Gasteiger partial charge is 0.506 e. The lowest BCUT2D eigenvalue weighted by molar-refractivity contribution is 0.0690. The molecule has 0 bridgehead atoms. The normalized spacial score (nSPS) is 10.5. The zero-order valence-electron chi connectivity index (χ0n) is 8.24. The third kappa shape index (κ3) is 2.07. The van der Waals surface area contributed by atoms with Gasteiger partial charge in [0.25, 0.3) is 0 Å². The number of nitrogens with zero attached hydrogens (tertiary/aromatic N) is 1. The van der Waals surface area contributed by atoms with Crippen LogP contribution < -0.4 is 0 Å². The molecule has 0 aliphatic carbocycles. The lowest BCUT2D eigenvalue weighted by Gasteiger charge is -2.01. The Morgan fingerprint density at radius 2 is 2.12 bits per heavy atom. The minimum atomic E-state index is -1.20. The standard InChI is InChI=1S/C10H6ClFN2O3/c11-5-1-4(6(12)2-9(5)15)7-3-8(10(16)17)14-13-7/h1-3,15H,(H,13,14)(H,16,17). The van der Waals surface area contributed by atoms with Crippen molar-refractivity contribution in [2.45, 2.75) is 0 Å². The van der Waals surface area contributed by atoms with Crippen molar-refractivity contribution in [3.05, 3.63) is 34.7 Å². The summed E-state index contributed by atoms with van der Waals surface area (Å²) in [5.41, 5.74) is -0.0538. The number of aromatic nitrogens is 2. The maximum Gasteiger partial charge on any atom is 0.353 e. The Labute approximate surface area is 99.5 Å².